The molecule has 0 aliphatic heterocycles. The number of para-hydroxylation sites is 2. The quantitative estimate of drug-likeness (QED) is 0.805. The average molecular weight is 244 g/mol. The van der Waals surface area contributed by atoms with Gasteiger partial charge in [-0.25, -0.2) is 0 Å². The molecule has 0 radical (unpaired) electrons. The van der Waals surface area contributed by atoms with Crippen LogP contribution in [0.4, 0.5) is 11.4 Å². The van der Waals surface area contributed by atoms with Crippen LogP contribution in [0.3, 0.4) is 0 Å². The van der Waals surface area contributed by atoms with Crippen LogP contribution in [0.5, 0.6) is 0 Å². The van der Waals surface area contributed by atoms with Gasteiger partial charge in [0.2, 0.25) is 5.91 Å². The number of rotatable bonds is 4. The van der Waals surface area contributed by atoms with Crippen LogP contribution < -0.4 is 11.1 Å². The average Bonchev–Trinajstić information content (AvgIpc) is 2.76. The molecule has 0 atom stereocenters. The van der Waals surface area contributed by atoms with Crippen molar-refractivity contribution >= 4 is 17.3 Å². The number of nitrogen functional groups attached to an aromatic ring is 1. The molecule has 0 bridgehead atoms. The van der Waals surface area contributed by atoms with Crippen LogP contribution in [0, 0.1) is 6.92 Å². The molecule has 1 aromatic carbocycles. The Hall–Kier alpha value is -2.30. The number of aryl methyl sites for hydroxylation is 2. The number of hydrogen-bond acceptors (Lipinski definition) is 3. The number of nitrogens with one attached hydrogen (secondary N) is 1. The van der Waals surface area contributed by atoms with Crippen LogP contribution in [0.25, 0.3) is 0 Å². The molecule has 1 heterocycles. The van der Waals surface area contributed by atoms with Gasteiger partial charge in [-0.05, 0) is 25.1 Å². The van der Waals surface area contributed by atoms with Gasteiger partial charge >= 0.3 is 0 Å². The molecule has 2 aromatic rings. The predicted molar refractivity (Wildman–Crippen MR) is 71.1 cm³/mol. The molecule has 0 aliphatic carbocycles. The lowest BCUT2D eigenvalue weighted by Gasteiger charge is -2.07. The number of nitrogens with two attached hydrogens (primary N) is 1. The Morgan fingerprint density at radius 3 is 2.83 bits per heavy atom. The van der Waals surface area contributed by atoms with Crippen molar-refractivity contribution in [1.29, 1.82) is 0 Å². The molecule has 0 spiro atoms. The second-order valence-corrected chi connectivity index (χ2v) is 4.11. The third-order valence-corrected chi connectivity index (χ3v) is 2.58. The summed E-state index contributed by atoms with van der Waals surface area (Å²) in [5, 5.41) is 7.00. The summed E-state index contributed by atoms with van der Waals surface area (Å²) in [7, 11) is 0. The van der Waals surface area contributed by atoms with E-state index in [0.29, 0.717) is 24.3 Å². The van der Waals surface area contributed by atoms with Crippen molar-refractivity contribution in [1.82, 2.24) is 9.78 Å². The molecule has 94 valence electrons. The Labute approximate surface area is 106 Å². The molecule has 0 aliphatic rings. The number of benzene rings is 1. The monoisotopic (exact) mass is 244 g/mol. The Morgan fingerprint density at radius 2 is 2.17 bits per heavy atom. The van der Waals surface area contributed by atoms with E-state index < -0.39 is 0 Å². The summed E-state index contributed by atoms with van der Waals surface area (Å²) < 4.78 is 1.75. The zero-order chi connectivity index (χ0) is 13.0. The molecule has 0 saturated carbocycles. The van der Waals surface area contributed by atoms with E-state index in [0.717, 1.165) is 5.69 Å². The predicted octanol–water partition coefficient (Wildman–Crippen LogP) is 1.80. The third kappa shape index (κ3) is 3.10. The number of carbonyl (C=O) groups excluding carboxylic acids is 1. The molecule has 3 N–H and O–H groups in total. The van der Waals surface area contributed by atoms with Crippen LogP contribution in [0.2, 0.25) is 0 Å². The second kappa shape index (κ2) is 5.35. The lowest BCUT2D eigenvalue weighted by molar-refractivity contribution is -0.116. The molecule has 0 fully saturated rings. The summed E-state index contributed by atoms with van der Waals surface area (Å²) in [5.41, 5.74) is 7.92. The molecule has 1 aromatic heterocycles. The summed E-state index contributed by atoms with van der Waals surface area (Å²) >= 11 is 0. The third-order valence-electron chi connectivity index (χ3n) is 2.58. The van der Waals surface area contributed by atoms with Crippen molar-refractivity contribution < 1.29 is 4.79 Å². The largest absolute Gasteiger partial charge is 0.397 e. The minimum absolute atomic E-state index is 0.0685. The summed E-state index contributed by atoms with van der Waals surface area (Å²) in [6.45, 7) is 2.48. The van der Waals surface area contributed by atoms with Crippen molar-refractivity contribution in [2.75, 3.05) is 11.1 Å². The SMILES string of the molecule is Cc1ccn(CCC(=O)Nc2ccccc2N)n1. The first-order valence-electron chi connectivity index (χ1n) is 5.79. The number of nitrogens with zero attached hydrogens (tertiary/aromatic N) is 2. The number of amides is 1. The second-order valence-electron chi connectivity index (χ2n) is 4.11. The van der Waals surface area contributed by atoms with E-state index in [4.69, 9.17) is 5.73 Å². The van der Waals surface area contributed by atoms with Crippen molar-refractivity contribution in [3.8, 4) is 0 Å². The summed E-state index contributed by atoms with van der Waals surface area (Å²) in [5.74, 6) is -0.0685. The van der Waals surface area contributed by atoms with Crippen LogP contribution >= 0.6 is 0 Å². The zero-order valence-electron chi connectivity index (χ0n) is 10.3. The van der Waals surface area contributed by atoms with Crippen molar-refractivity contribution in [3.05, 3.63) is 42.2 Å². The fraction of sp³-hybridized carbons (Fsp3) is 0.231. The van der Waals surface area contributed by atoms with Crippen molar-refractivity contribution in [2.45, 2.75) is 19.9 Å². The molecule has 0 unspecified atom stereocenters. The molecule has 1 amide bonds. The topological polar surface area (TPSA) is 72.9 Å². The minimum atomic E-state index is -0.0685. The highest BCUT2D eigenvalue weighted by Gasteiger charge is 2.05. The summed E-state index contributed by atoms with van der Waals surface area (Å²) in [6, 6.07) is 9.12. The van der Waals surface area contributed by atoms with E-state index in [2.05, 4.69) is 10.4 Å². The maximum absolute atomic E-state index is 11.7. The first-order valence-corrected chi connectivity index (χ1v) is 5.79. The lowest BCUT2D eigenvalue weighted by atomic mass is 10.2. The molecule has 5 heteroatoms. The molecule has 18 heavy (non-hydrogen) atoms. The molecular weight excluding hydrogens is 228 g/mol. The highest BCUT2D eigenvalue weighted by atomic mass is 16.1. The Morgan fingerprint density at radius 1 is 1.39 bits per heavy atom. The smallest absolute Gasteiger partial charge is 0.226 e. The van der Waals surface area contributed by atoms with Crippen LogP contribution in [-0.4, -0.2) is 15.7 Å². The summed E-state index contributed by atoms with van der Waals surface area (Å²) in [6.07, 6.45) is 2.23. The van der Waals surface area contributed by atoms with Crippen LogP contribution in [0.1, 0.15) is 12.1 Å². The first-order chi connectivity index (χ1) is 8.65. The molecule has 0 saturated heterocycles. The molecular formula is C13H16N4O. The maximum Gasteiger partial charge on any atom is 0.226 e. The van der Waals surface area contributed by atoms with Crippen LogP contribution in [-0.2, 0) is 11.3 Å². The highest BCUT2D eigenvalue weighted by molar-refractivity contribution is 5.93. The van der Waals surface area contributed by atoms with Gasteiger partial charge in [0.25, 0.3) is 0 Å². The Kier molecular flexibility index (Phi) is 3.62. The zero-order valence-corrected chi connectivity index (χ0v) is 10.3. The number of anilines is 2. The van der Waals surface area contributed by atoms with Gasteiger partial charge in [-0.3, -0.25) is 9.48 Å². The van der Waals surface area contributed by atoms with Gasteiger partial charge in [0.1, 0.15) is 0 Å². The van der Waals surface area contributed by atoms with E-state index in [1.165, 1.54) is 0 Å². The first kappa shape index (κ1) is 12.2. The van der Waals surface area contributed by atoms with Crippen LogP contribution in [0.15, 0.2) is 36.5 Å². The fourth-order valence-corrected chi connectivity index (χ4v) is 1.63. The van der Waals surface area contributed by atoms with Crippen molar-refractivity contribution in [2.24, 2.45) is 0 Å². The van der Waals surface area contributed by atoms with Crippen molar-refractivity contribution in [3.63, 3.8) is 0 Å². The number of hydrogen-bond donors (Lipinski definition) is 2. The number of aromatic nitrogens is 2. The Bertz CT molecular complexity index is 547. The van der Waals surface area contributed by atoms with E-state index in [-0.39, 0.29) is 5.91 Å². The van der Waals surface area contributed by atoms with E-state index in [9.17, 15) is 4.79 Å². The van der Waals surface area contributed by atoms with Gasteiger partial charge in [0, 0.05) is 19.2 Å². The maximum atomic E-state index is 11.7. The molecule has 2 rings (SSSR count). The van der Waals surface area contributed by atoms with Gasteiger partial charge in [-0.1, -0.05) is 12.1 Å². The minimum Gasteiger partial charge on any atom is -0.397 e. The van der Waals surface area contributed by atoms with Gasteiger partial charge < -0.3 is 11.1 Å². The van der Waals surface area contributed by atoms with E-state index in [1.807, 2.05) is 31.3 Å². The molecule has 5 nitrogen and oxygen atoms in total. The normalized spacial score (nSPS) is 10.3. The fourth-order valence-electron chi connectivity index (χ4n) is 1.63. The number of carbonyl (C=O) groups is 1. The van der Waals surface area contributed by atoms with Gasteiger partial charge in [0.05, 0.1) is 17.1 Å². The van der Waals surface area contributed by atoms with Gasteiger partial charge in [0.15, 0.2) is 0 Å². The lowest BCUT2D eigenvalue weighted by Crippen LogP contribution is -2.15. The Balaban J connectivity index is 1.88. The standard InChI is InChI=1S/C13H16N4O/c1-10-6-8-17(16-10)9-7-13(18)15-12-5-3-2-4-11(12)14/h2-6,8H,7,9,14H2,1H3,(H,15,18). The van der Waals surface area contributed by atoms with Gasteiger partial charge in [-0.2, -0.15) is 5.10 Å². The van der Waals surface area contributed by atoms with Gasteiger partial charge in [-0.15, -0.1) is 0 Å². The van der Waals surface area contributed by atoms with E-state index in [1.54, 1.807) is 16.8 Å². The highest BCUT2D eigenvalue weighted by Crippen LogP contribution is 2.16. The summed E-state index contributed by atoms with van der Waals surface area (Å²) in [4.78, 5) is 11.7. The van der Waals surface area contributed by atoms with E-state index >= 15 is 0 Å².